The van der Waals surface area contributed by atoms with Gasteiger partial charge in [0.1, 0.15) is 22.4 Å². The minimum absolute atomic E-state index is 0.577. The highest BCUT2D eigenvalue weighted by Crippen LogP contribution is 2.48. The van der Waals surface area contributed by atoms with Gasteiger partial charge in [-0.2, -0.15) is 5.26 Å². The summed E-state index contributed by atoms with van der Waals surface area (Å²) in [7, 11) is 3.62. The first kappa shape index (κ1) is 15.6. The number of para-hydroxylation sites is 1. The molecule has 4 nitrogen and oxygen atoms in total. The maximum atomic E-state index is 9.80. The number of aromatic nitrogens is 1. The van der Waals surface area contributed by atoms with Crippen molar-refractivity contribution in [3.05, 3.63) is 65.3 Å². The molecule has 2 heterocycles. The molecule has 25 heavy (non-hydrogen) atoms. The molecule has 0 saturated heterocycles. The summed E-state index contributed by atoms with van der Waals surface area (Å²) in [6.07, 6.45) is 0. The average molecular weight is 345 g/mol. The lowest BCUT2D eigenvalue weighted by Gasteiger charge is -2.15. The number of fused-ring (bicyclic) bond motifs is 2. The molecule has 0 unspecified atom stereocenters. The Hall–Kier alpha value is -2.97. The van der Waals surface area contributed by atoms with Crippen LogP contribution >= 0.6 is 11.8 Å². The molecule has 1 aliphatic heterocycles. The van der Waals surface area contributed by atoms with Gasteiger partial charge >= 0.3 is 0 Å². The Morgan fingerprint density at radius 1 is 1.16 bits per heavy atom. The maximum Gasteiger partial charge on any atom is 0.121 e. The normalized spacial score (nSPS) is 15.0. The van der Waals surface area contributed by atoms with Crippen LogP contribution in [0.15, 0.2) is 64.5 Å². The first-order valence-electron chi connectivity index (χ1n) is 7.81. The van der Waals surface area contributed by atoms with Crippen LogP contribution in [0.2, 0.25) is 0 Å². The Kier molecular flexibility index (Phi) is 3.83. The number of benzene rings is 2. The molecule has 122 valence electrons. The fourth-order valence-electron chi connectivity index (χ4n) is 2.89. The van der Waals surface area contributed by atoms with Crippen molar-refractivity contribution >= 4 is 33.9 Å². The molecule has 0 saturated carbocycles. The quantitative estimate of drug-likeness (QED) is 0.631. The summed E-state index contributed by atoms with van der Waals surface area (Å²) in [6.45, 7) is 0. The Morgan fingerprint density at radius 3 is 2.80 bits per heavy atom. The van der Waals surface area contributed by atoms with Gasteiger partial charge in [0.2, 0.25) is 0 Å². The molecule has 3 aromatic rings. The first-order chi connectivity index (χ1) is 12.2. The Morgan fingerprint density at radius 2 is 2.00 bits per heavy atom. The summed E-state index contributed by atoms with van der Waals surface area (Å²) in [4.78, 5) is 7.81. The van der Waals surface area contributed by atoms with Crippen LogP contribution in [0.25, 0.3) is 16.5 Å². The number of ether oxygens (including phenoxy) is 1. The molecule has 1 aliphatic rings. The summed E-state index contributed by atoms with van der Waals surface area (Å²) in [5.41, 5.74) is 3.19. The second-order valence-corrected chi connectivity index (χ2v) is 6.71. The third-order valence-corrected chi connectivity index (χ3v) is 5.46. The van der Waals surface area contributed by atoms with Gasteiger partial charge in [0.25, 0.3) is 0 Å². The molecule has 0 atom stereocenters. The first-order valence-corrected chi connectivity index (χ1v) is 8.63. The van der Waals surface area contributed by atoms with Crippen molar-refractivity contribution in [3.8, 4) is 11.8 Å². The van der Waals surface area contributed by atoms with Crippen molar-refractivity contribution in [3.63, 3.8) is 0 Å². The third kappa shape index (κ3) is 2.61. The number of methoxy groups -OCH3 is 1. The molecule has 0 aliphatic carbocycles. The van der Waals surface area contributed by atoms with Crippen molar-refractivity contribution in [2.75, 3.05) is 19.1 Å². The third-order valence-electron chi connectivity index (χ3n) is 4.22. The van der Waals surface area contributed by atoms with Gasteiger partial charge in [0.15, 0.2) is 0 Å². The van der Waals surface area contributed by atoms with Crippen molar-refractivity contribution < 1.29 is 4.74 Å². The van der Waals surface area contributed by atoms with Crippen molar-refractivity contribution in [1.29, 1.82) is 5.26 Å². The van der Waals surface area contributed by atoms with E-state index in [1.54, 1.807) is 18.9 Å². The van der Waals surface area contributed by atoms with Gasteiger partial charge in [0.05, 0.1) is 24.0 Å². The number of hydrogen-bond donors (Lipinski definition) is 0. The molecule has 4 rings (SSSR count). The van der Waals surface area contributed by atoms with Crippen LogP contribution in [0.3, 0.4) is 0 Å². The van der Waals surface area contributed by atoms with Crippen LogP contribution in [-0.4, -0.2) is 19.1 Å². The van der Waals surface area contributed by atoms with E-state index in [0.29, 0.717) is 11.3 Å². The van der Waals surface area contributed by atoms with Gasteiger partial charge in [0, 0.05) is 23.4 Å². The number of anilines is 1. The van der Waals surface area contributed by atoms with Crippen LogP contribution in [-0.2, 0) is 0 Å². The van der Waals surface area contributed by atoms with E-state index in [2.05, 4.69) is 11.1 Å². The summed E-state index contributed by atoms with van der Waals surface area (Å²) in [6, 6.07) is 20.1. The van der Waals surface area contributed by atoms with Crippen molar-refractivity contribution in [2.45, 2.75) is 4.90 Å². The summed E-state index contributed by atoms with van der Waals surface area (Å²) >= 11 is 1.58. The molecular formula is C20H15N3OS. The number of hydrogen-bond acceptors (Lipinski definition) is 5. The van der Waals surface area contributed by atoms with E-state index < -0.39 is 0 Å². The zero-order chi connectivity index (χ0) is 17.4. The predicted octanol–water partition coefficient (Wildman–Crippen LogP) is 4.68. The standard InChI is InChI=1S/C20H15N3OS/c1-23-18-11-14(24-2)8-10-19(18)25-20(23)15(12-21)17-9-7-13-5-3-4-6-16(13)22-17/h3-11H,1-2H3/b20-15-. The van der Waals surface area contributed by atoms with E-state index in [1.807, 2.05) is 66.5 Å². The van der Waals surface area contributed by atoms with Crippen LogP contribution in [0.4, 0.5) is 5.69 Å². The van der Waals surface area contributed by atoms with E-state index in [0.717, 1.165) is 32.3 Å². The number of allylic oxidation sites excluding steroid dienone is 1. The molecule has 2 aromatic carbocycles. The molecule has 1 aromatic heterocycles. The number of nitriles is 1. The van der Waals surface area contributed by atoms with E-state index >= 15 is 0 Å². The van der Waals surface area contributed by atoms with E-state index in [1.165, 1.54) is 0 Å². The lowest BCUT2D eigenvalue weighted by Crippen LogP contribution is -2.11. The van der Waals surface area contributed by atoms with Gasteiger partial charge in [-0.05, 0) is 24.3 Å². The van der Waals surface area contributed by atoms with Gasteiger partial charge in [-0.15, -0.1) is 0 Å². The Bertz CT molecular complexity index is 1050. The topological polar surface area (TPSA) is 49.1 Å². The molecule has 0 N–H and O–H groups in total. The zero-order valence-electron chi connectivity index (χ0n) is 13.9. The smallest absolute Gasteiger partial charge is 0.121 e. The molecule has 0 fully saturated rings. The van der Waals surface area contributed by atoms with Gasteiger partial charge in [-0.3, -0.25) is 0 Å². The molecule has 0 spiro atoms. The highest BCUT2D eigenvalue weighted by molar-refractivity contribution is 8.04. The fourth-order valence-corrected chi connectivity index (χ4v) is 4.03. The van der Waals surface area contributed by atoms with E-state index in [9.17, 15) is 5.26 Å². The van der Waals surface area contributed by atoms with Crippen molar-refractivity contribution in [2.24, 2.45) is 0 Å². The van der Waals surface area contributed by atoms with Gasteiger partial charge in [-0.1, -0.05) is 36.0 Å². The van der Waals surface area contributed by atoms with Gasteiger partial charge < -0.3 is 9.64 Å². The molecular weight excluding hydrogens is 330 g/mol. The molecule has 0 bridgehead atoms. The Balaban J connectivity index is 1.83. The van der Waals surface area contributed by atoms with Crippen LogP contribution in [0.1, 0.15) is 5.69 Å². The van der Waals surface area contributed by atoms with E-state index in [4.69, 9.17) is 4.74 Å². The number of pyridine rings is 1. The number of nitrogens with zero attached hydrogens (tertiary/aromatic N) is 3. The lowest BCUT2D eigenvalue weighted by atomic mass is 10.1. The molecule has 5 heteroatoms. The van der Waals surface area contributed by atoms with Crippen LogP contribution < -0.4 is 9.64 Å². The van der Waals surface area contributed by atoms with Gasteiger partial charge in [-0.25, -0.2) is 4.98 Å². The summed E-state index contributed by atoms with van der Waals surface area (Å²) in [5, 5.41) is 11.7. The van der Waals surface area contributed by atoms with E-state index in [-0.39, 0.29) is 0 Å². The monoisotopic (exact) mass is 345 g/mol. The predicted molar refractivity (Wildman–Crippen MR) is 102 cm³/mol. The lowest BCUT2D eigenvalue weighted by molar-refractivity contribution is 0.414. The molecule has 0 radical (unpaired) electrons. The van der Waals surface area contributed by atoms with Crippen molar-refractivity contribution in [1.82, 2.24) is 4.98 Å². The Labute approximate surface area is 150 Å². The average Bonchev–Trinajstić information content (AvgIpc) is 2.98. The highest BCUT2D eigenvalue weighted by Gasteiger charge is 2.27. The zero-order valence-corrected chi connectivity index (χ0v) is 14.7. The second kappa shape index (κ2) is 6.15. The van der Waals surface area contributed by atoms with Crippen LogP contribution in [0.5, 0.6) is 5.75 Å². The minimum atomic E-state index is 0.577. The fraction of sp³-hybridized carbons (Fsp3) is 0.100. The maximum absolute atomic E-state index is 9.80. The minimum Gasteiger partial charge on any atom is -0.497 e. The summed E-state index contributed by atoms with van der Waals surface area (Å²) in [5.74, 6) is 0.801. The SMILES string of the molecule is COc1ccc2c(c1)N(C)/C(=C(\C#N)c1ccc3ccccc3n1)S2. The number of thioether (sulfide) groups is 1. The largest absolute Gasteiger partial charge is 0.497 e. The number of rotatable bonds is 2. The molecule has 0 amide bonds. The second-order valence-electron chi connectivity index (χ2n) is 5.68. The highest BCUT2D eigenvalue weighted by atomic mass is 32.2. The summed E-state index contributed by atoms with van der Waals surface area (Å²) < 4.78 is 5.31. The van der Waals surface area contributed by atoms with Crippen LogP contribution in [0, 0.1) is 11.3 Å².